The number of hydrogen-bond donors (Lipinski definition) is 1. The average molecular weight is 398 g/mol. The molecule has 0 aliphatic carbocycles. The maximum atomic E-state index is 12.5. The van der Waals surface area contributed by atoms with E-state index in [1.165, 1.54) is 14.2 Å². The van der Waals surface area contributed by atoms with Crippen LogP contribution in [0, 0.1) is 0 Å². The molecular weight excluding hydrogens is 380 g/mol. The molecule has 7 nitrogen and oxygen atoms in total. The van der Waals surface area contributed by atoms with Gasteiger partial charge in [-0.1, -0.05) is 30.3 Å². The van der Waals surface area contributed by atoms with E-state index in [1.807, 2.05) is 30.3 Å². The van der Waals surface area contributed by atoms with E-state index >= 15 is 0 Å². The van der Waals surface area contributed by atoms with Gasteiger partial charge in [0.05, 0.1) is 24.8 Å². The summed E-state index contributed by atoms with van der Waals surface area (Å²) >= 11 is 0.815. The van der Waals surface area contributed by atoms with E-state index in [1.54, 1.807) is 24.3 Å². The summed E-state index contributed by atoms with van der Waals surface area (Å²) in [4.78, 5) is 38.3. The Morgan fingerprint density at radius 1 is 1.11 bits per heavy atom. The summed E-state index contributed by atoms with van der Waals surface area (Å²) in [6, 6.07) is 14.1. The van der Waals surface area contributed by atoms with Gasteiger partial charge in [-0.3, -0.25) is 19.3 Å². The van der Waals surface area contributed by atoms with Gasteiger partial charge in [0, 0.05) is 6.07 Å². The Bertz CT molecular complexity index is 943. The predicted octanol–water partition coefficient (Wildman–Crippen LogP) is 3.38. The molecule has 1 N–H and O–H groups in total. The van der Waals surface area contributed by atoms with Crippen LogP contribution in [0.2, 0.25) is 0 Å². The van der Waals surface area contributed by atoms with Gasteiger partial charge in [-0.25, -0.2) is 0 Å². The fraction of sp³-hybridized carbons (Fsp3) is 0.150. The van der Waals surface area contributed by atoms with Crippen molar-refractivity contribution >= 4 is 40.6 Å². The van der Waals surface area contributed by atoms with Crippen molar-refractivity contribution in [3.63, 3.8) is 0 Å². The molecule has 1 aliphatic rings. The van der Waals surface area contributed by atoms with Crippen LogP contribution in [0.1, 0.15) is 5.56 Å². The molecule has 28 heavy (non-hydrogen) atoms. The highest BCUT2D eigenvalue weighted by Gasteiger charge is 2.36. The number of nitrogens with zero attached hydrogens (tertiary/aromatic N) is 1. The van der Waals surface area contributed by atoms with Crippen molar-refractivity contribution in [2.75, 3.05) is 26.1 Å². The van der Waals surface area contributed by atoms with Crippen LogP contribution < -0.4 is 14.8 Å². The van der Waals surface area contributed by atoms with Gasteiger partial charge in [0.25, 0.3) is 11.1 Å². The van der Waals surface area contributed by atoms with Crippen LogP contribution in [0.5, 0.6) is 11.5 Å². The smallest absolute Gasteiger partial charge is 0.294 e. The highest BCUT2D eigenvalue weighted by atomic mass is 32.2. The second-order valence-corrected chi connectivity index (χ2v) is 6.79. The number of ether oxygens (including phenoxy) is 2. The summed E-state index contributed by atoms with van der Waals surface area (Å²) in [6.45, 7) is -0.383. The summed E-state index contributed by atoms with van der Waals surface area (Å²) in [7, 11) is 2.99. The number of hydrogen-bond acceptors (Lipinski definition) is 6. The summed E-state index contributed by atoms with van der Waals surface area (Å²) < 4.78 is 10.3. The van der Waals surface area contributed by atoms with Crippen molar-refractivity contribution in [2.45, 2.75) is 0 Å². The number of anilines is 1. The third-order valence-corrected chi connectivity index (χ3v) is 4.86. The molecule has 0 atom stereocenters. The van der Waals surface area contributed by atoms with Crippen molar-refractivity contribution in [1.82, 2.24) is 4.90 Å². The minimum atomic E-state index is -0.508. The lowest BCUT2D eigenvalue weighted by molar-refractivity contribution is -0.127. The molecule has 2 aromatic rings. The second-order valence-electron chi connectivity index (χ2n) is 5.79. The molecule has 1 aliphatic heterocycles. The molecule has 0 spiro atoms. The molecular formula is C20H18N2O5S. The zero-order chi connectivity index (χ0) is 20.1. The minimum absolute atomic E-state index is 0.283. The maximum absolute atomic E-state index is 12.5. The molecule has 3 rings (SSSR count). The van der Waals surface area contributed by atoms with Gasteiger partial charge in [-0.2, -0.15) is 0 Å². The summed E-state index contributed by atoms with van der Waals surface area (Å²) in [6.07, 6.45) is 1.63. The predicted molar refractivity (Wildman–Crippen MR) is 107 cm³/mol. The molecule has 144 valence electrons. The van der Waals surface area contributed by atoms with Gasteiger partial charge in [0.2, 0.25) is 5.91 Å². The number of carbonyl (C=O) groups excluding carboxylic acids is 3. The zero-order valence-electron chi connectivity index (χ0n) is 15.3. The van der Waals surface area contributed by atoms with Gasteiger partial charge >= 0.3 is 0 Å². The van der Waals surface area contributed by atoms with Crippen LogP contribution in [0.15, 0.2) is 53.4 Å². The molecule has 8 heteroatoms. The summed E-state index contributed by atoms with van der Waals surface area (Å²) in [5.74, 6) is -0.0138. The van der Waals surface area contributed by atoms with E-state index in [0.29, 0.717) is 17.2 Å². The Morgan fingerprint density at radius 3 is 2.54 bits per heavy atom. The highest BCUT2D eigenvalue weighted by molar-refractivity contribution is 8.18. The number of amides is 3. The molecule has 3 amide bonds. The van der Waals surface area contributed by atoms with Crippen molar-refractivity contribution in [3.05, 3.63) is 59.0 Å². The van der Waals surface area contributed by atoms with Crippen LogP contribution >= 0.6 is 11.8 Å². The van der Waals surface area contributed by atoms with Crippen LogP contribution in [0.3, 0.4) is 0 Å². The number of rotatable bonds is 6. The number of imide groups is 1. The molecule has 0 bridgehead atoms. The molecule has 0 saturated carbocycles. The van der Waals surface area contributed by atoms with E-state index in [0.717, 1.165) is 22.2 Å². The standard InChI is InChI=1S/C20H18N2O5S/c1-26-14-8-9-15(16(11-14)27-2)21-18(23)12-22-19(24)17(28-20(22)25)10-13-6-4-3-5-7-13/h3-11H,12H2,1-2H3,(H,21,23)/b17-10+. The third-order valence-electron chi connectivity index (χ3n) is 3.96. The molecule has 0 unspecified atom stereocenters. The van der Waals surface area contributed by atoms with Gasteiger partial charge in [0.1, 0.15) is 18.0 Å². The normalized spacial score (nSPS) is 15.1. The average Bonchev–Trinajstić information content (AvgIpc) is 2.96. The van der Waals surface area contributed by atoms with E-state index < -0.39 is 17.1 Å². The van der Waals surface area contributed by atoms with E-state index in [2.05, 4.69) is 5.32 Å². The number of benzene rings is 2. The van der Waals surface area contributed by atoms with Crippen LogP contribution in [-0.2, 0) is 9.59 Å². The van der Waals surface area contributed by atoms with Gasteiger partial charge in [-0.05, 0) is 35.5 Å². The molecule has 0 radical (unpaired) electrons. The first kappa shape index (κ1) is 19.5. The number of methoxy groups -OCH3 is 2. The topological polar surface area (TPSA) is 84.9 Å². The molecule has 0 aromatic heterocycles. The summed E-state index contributed by atoms with van der Waals surface area (Å²) in [5.41, 5.74) is 1.22. The Morgan fingerprint density at radius 2 is 1.86 bits per heavy atom. The van der Waals surface area contributed by atoms with Crippen molar-refractivity contribution in [3.8, 4) is 11.5 Å². The zero-order valence-corrected chi connectivity index (χ0v) is 16.1. The van der Waals surface area contributed by atoms with Crippen molar-refractivity contribution in [1.29, 1.82) is 0 Å². The Labute approximate surface area is 166 Å². The van der Waals surface area contributed by atoms with Gasteiger partial charge in [-0.15, -0.1) is 0 Å². The highest BCUT2D eigenvalue weighted by Crippen LogP contribution is 2.32. The lowest BCUT2D eigenvalue weighted by Crippen LogP contribution is -2.36. The quantitative estimate of drug-likeness (QED) is 0.751. The molecule has 1 heterocycles. The first-order chi connectivity index (χ1) is 13.5. The van der Waals surface area contributed by atoms with Crippen molar-refractivity contribution < 1.29 is 23.9 Å². The lowest BCUT2D eigenvalue weighted by atomic mass is 10.2. The van der Waals surface area contributed by atoms with Crippen LogP contribution in [-0.4, -0.2) is 42.7 Å². The first-order valence-corrected chi connectivity index (χ1v) is 9.15. The minimum Gasteiger partial charge on any atom is -0.497 e. The Balaban J connectivity index is 1.70. The van der Waals surface area contributed by atoms with Gasteiger partial charge < -0.3 is 14.8 Å². The van der Waals surface area contributed by atoms with Gasteiger partial charge in [0.15, 0.2) is 0 Å². The van der Waals surface area contributed by atoms with Crippen LogP contribution in [0.25, 0.3) is 6.08 Å². The first-order valence-electron chi connectivity index (χ1n) is 8.34. The second kappa shape index (κ2) is 8.62. The molecule has 2 aromatic carbocycles. The number of nitrogens with one attached hydrogen (secondary N) is 1. The van der Waals surface area contributed by atoms with E-state index in [-0.39, 0.29) is 11.4 Å². The largest absolute Gasteiger partial charge is 0.497 e. The number of carbonyl (C=O) groups is 3. The lowest BCUT2D eigenvalue weighted by Gasteiger charge is -2.14. The fourth-order valence-electron chi connectivity index (χ4n) is 2.57. The third kappa shape index (κ3) is 4.34. The maximum Gasteiger partial charge on any atom is 0.294 e. The fourth-order valence-corrected chi connectivity index (χ4v) is 3.41. The molecule has 1 saturated heterocycles. The monoisotopic (exact) mass is 398 g/mol. The molecule has 1 fully saturated rings. The number of thioether (sulfide) groups is 1. The Kier molecular flexibility index (Phi) is 6.00. The van der Waals surface area contributed by atoms with Crippen molar-refractivity contribution in [2.24, 2.45) is 0 Å². The van der Waals surface area contributed by atoms with E-state index in [4.69, 9.17) is 9.47 Å². The SMILES string of the molecule is COc1ccc(NC(=O)CN2C(=O)S/C(=C/c3ccccc3)C2=O)c(OC)c1. The Hall–Kier alpha value is -3.26. The van der Waals surface area contributed by atoms with Crippen LogP contribution in [0.4, 0.5) is 10.5 Å². The van der Waals surface area contributed by atoms with E-state index in [9.17, 15) is 14.4 Å². The summed E-state index contributed by atoms with van der Waals surface area (Å²) in [5, 5.41) is 2.17.